The highest BCUT2D eigenvalue weighted by Gasteiger charge is 2.28. The molecule has 1 atom stereocenters. The van der Waals surface area contributed by atoms with Gasteiger partial charge in [0.2, 0.25) is 11.8 Å². The molecule has 148 valence electrons. The van der Waals surface area contributed by atoms with Crippen LogP contribution < -0.4 is 5.32 Å². The van der Waals surface area contributed by atoms with Crippen molar-refractivity contribution in [3.05, 3.63) is 64.7 Å². The fraction of sp³-hybridized carbons (Fsp3) is 0.364. The molecular weight excluding hydrogens is 374 g/mol. The van der Waals surface area contributed by atoms with Crippen LogP contribution in [0.2, 0.25) is 5.02 Å². The number of anilines is 1. The van der Waals surface area contributed by atoms with E-state index in [0.717, 1.165) is 19.4 Å². The van der Waals surface area contributed by atoms with E-state index in [1.54, 1.807) is 31.3 Å². The van der Waals surface area contributed by atoms with Crippen molar-refractivity contribution in [1.29, 1.82) is 0 Å². The van der Waals surface area contributed by atoms with Gasteiger partial charge in [0.25, 0.3) is 0 Å². The van der Waals surface area contributed by atoms with Crippen LogP contribution in [-0.2, 0) is 9.59 Å². The van der Waals surface area contributed by atoms with E-state index in [2.05, 4.69) is 41.4 Å². The Balaban J connectivity index is 1.55. The third-order valence-corrected chi connectivity index (χ3v) is 5.45. The van der Waals surface area contributed by atoms with Gasteiger partial charge in [-0.2, -0.15) is 0 Å². The van der Waals surface area contributed by atoms with Gasteiger partial charge in [-0.05, 0) is 44.0 Å². The van der Waals surface area contributed by atoms with Crippen molar-refractivity contribution in [1.82, 2.24) is 9.80 Å². The van der Waals surface area contributed by atoms with E-state index < -0.39 is 0 Å². The van der Waals surface area contributed by atoms with E-state index in [1.807, 2.05) is 0 Å². The summed E-state index contributed by atoms with van der Waals surface area (Å²) in [6, 6.07) is 15.8. The molecule has 2 aromatic carbocycles. The number of halogens is 1. The lowest BCUT2D eigenvalue weighted by molar-refractivity contribution is -0.134. The minimum absolute atomic E-state index is 0.00685. The number of amides is 2. The normalized spacial score (nSPS) is 16.8. The Bertz CT molecular complexity index is 838. The topological polar surface area (TPSA) is 52.7 Å². The zero-order chi connectivity index (χ0) is 20.1. The van der Waals surface area contributed by atoms with Crippen molar-refractivity contribution >= 4 is 29.1 Å². The van der Waals surface area contributed by atoms with Crippen molar-refractivity contribution < 1.29 is 9.59 Å². The Hall–Kier alpha value is -2.37. The van der Waals surface area contributed by atoms with Gasteiger partial charge in [0.1, 0.15) is 0 Å². The van der Waals surface area contributed by atoms with E-state index in [9.17, 15) is 9.59 Å². The third kappa shape index (κ3) is 5.12. The number of carbonyl (C=O) groups is 2. The van der Waals surface area contributed by atoms with Gasteiger partial charge in [0, 0.05) is 13.1 Å². The molecule has 0 spiro atoms. The molecule has 28 heavy (non-hydrogen) atoms. The Morgan fingerprint density at radius 1 is 1.18 bits per heavy atom. The molecule has 2 amide bonds. The smallest absolute Gasteiger partial charge is 0.244 e. The standard InChI is InChI=1S/C22H26ClN3O2/c1-16-9-11-17(12-10-16)20-8-5-13-26(20)15-22(28)25(2)14-21(27)24-19-7-4-3-6-18(19)23/h3-4,6-7,9-12,20H,5,8,13-15H2,1-2H3,(H,24,27). The first-order valence-corrected chi connectivity index (χ1v) is 9.91. The first-order chi connectivity index (χ1) is 13.4. The maximum absolute atomic E-state index is 12.7. The van der Waals surface area contributed by atoms with Gasteiger partial charge in [0.15, 0.2) is 0 Å². The van der Waals surface area contributed by atoms with E-state index in [4.69, 9.17) is 11.6 Å². The number of hydrogen-bond donors (Lipinski definition) is 1. The average molecular weight is 400 g/mol. The Morgan fingerprint density at radius 3 is 2.61 bits per heavy atom. The molecule has 1 unspecified atom stereocenters. The van der Waals surface area contributed by atoms with Crippen LogP contribution in [0, 0.1) is 6.92 Å². The molecule has 0 aromatic heterocycles. The lowest BCUT2D eigenvalue weighted by Gasteiger charge is -2.26. The Labute approximate surface area is 171 Å². The third-order valence-electron chi connectivity index (χ3n) is 5.12. The maximum atomic E-state index is 12.7. The predicted octanol–water partition coefficient (Wildman–Crippen LogP) is 3.88. The molecule has 0 bridgehead atoms. The van der Waals surface area contributed by atoms with E-state index in [-0.39, 0.29) is 24.4 Å². The van der Waals surface area contributed by atoms with Gasteiger partial charge in [-0.15, -0.1) is 0 Å². The zero-order valence-electron chi connectivity index (χ0n) is 16.3. The Kier molecular flexibility index (Phi) is 6.70. The number of likely N-dealkylation sites (tertiary alicyclic amines) is 1. The molecular formula is C22H26ClN3O2. The van der Waals surface area contributed by atoms with E-state index >= 15 is 0 Å². The van der Waals surface area contributed by atoms with Crippen LogP contribution in [0.5, 0.6) is 0 Å². The average Bonchev–Trinajstić information content (AvgIpc) is 3.12. The number of hydrogen-bond acceptors (Lipinski definition) is 3. The summed E-state index contributed by atoms with van der Waals surface area (Å²) in [6.07, 6.45) is 2.12. The molecule has 1 aliphatic rings. The summed E-state index contributed by atoms with van der Waals surface area (Å²) in [4.78, 5) is 28.6. The molecule has 3 rings (SSSR count). The highest BCUT2D eigenvalue weighted by molar-refractivity contribution is 6.33. The van der Waals surface area contributed by atoms with Crippen molar-refractivity contribution in [3.8, 4) is 0 Å². The molecule has 5 nitrogen and oxygen atoms in total. The summed E-state index contributed by atoms with van der Waals surface area (Å²) >= 11 is 6.06. The van der Waals surface area contributed by atoms with Crippen molar-refractivity contribution in [3.63, 3.8) is 0 Å². The van der Waals surface area contributed by atoms with Gasteiger partial charge in [-0.3, -0.25) is 14.5 Å². The van der Waals surface area contributed by atoms with Crippen LogP contribution in [0.25, 0.3) is 0 Å². The number of aryl methyl sites for hydroxylation is 1. The summed E-state index contributed by atoms with van der Waals surface area (Å²) in [7, 11) is 1.66. The quantitative estimate of drug-likeness (QED) is 0.801. The fourth-order valence-corrected chi connectivity index (χ4v) is 3.71. The largest absolute Gasteiger partial charge is 0.335 e. The van der Waals surface area contributed by atoms with Crippen molar-refractivity contribution in [2.75, 3.05) is 32.0 Å². The first-order valence-electron chi connectivity index (χ1n) is 9.53. The molecule has 0 radical (unpaired) electrons. The summed E-state index contributed by atoms with van der Waals surface area (Å²) in [5, 5.41) is 3.23. The lowest BCUT2D eigenvalue weighted by Crippen LogP contribution is -2.41. The van der Waals surface area contributed by atoms with E-state index in [0.29, 0.717) is 17.3 Å². The number of nitrogens with one attached hydrogen (secondary N) is 1. The van der Waals surface area contributed by atoms with Crippen LogP contribution in [0.15, 0.2) is 48.5 Å². The summed E-state index contributed by atoms with van der Waals surface area (Å²) in [5.74, 6) is -0.325. The molecule has 1 aliphatic heterocycles. The van der Waals surface area contributed by atoms with Gasteiger partial charge >= 0.3 is 0 Å². The maximum Gasteiger partial charge on any atom is 0.244 e. The van der Waals surface area contributed by atoms with Gasteiger partial charge in [0.05, 0.1) is 23.8 Å². The summed E-state index contributed by atoms with van der Waals surface area (Å²) < 4.78 is 0. The van der Waals surface area contributed by atoms with Crippen molar-refractivity contribution in [2.24, 2.45) is 0 Å². The minimum atomic E-state index is -0.263. The second-order valence-electron chi connectivity index (χ2n) is 7.32. The predicted molar refractivity (Wildman–Crippen MR) is 112 cm³/mol. The molecule has 1 fully saturated rings. The second-order valence-corrected chi connectivity index (χ2v) is 7.72. The number of nitrogens with zero attached hydrogens (tertiary/aromatic N) is 2. The number of carbonyl (C=O) groups excluding carboxylic acids is 2. The Morgan fingerprint density at radius 2 is 1.89 bits per heavy atom. The molecule has 0 saturated carbocycles. The lowest BCUT2D eigenvalue weighted by atomic mass is 10.0. The number of likely N-dealkylation sites (N-methyl/N-ethyl adjacent to an activating group) is 1. The summed E-state index contributed by atoms with van der Waals surface area (Å²) in [5.41, 5.74) is 3.03. The van der Waals surface area contributed by atoms with Crippen molar-refractivity contribution in [2.45, 2.75) is 25.8 Å². The van der Waals surface area contributed by atoms with Crippen LogP contribution in [-0.4, -0.2) is 48.3 Å². The first kappa shape index (κ1) is 20.4. The number of benzene rings is 2. The van der Waals surface area contributed by atoms with Crippen LogP contribution in [0.3, 0.4) is 0 Å². The van der Waals surface area contributed by atoms with Gasteiger partial charge < -0.3 is 10.2 Å². The highest BCUT2D eigenvalue weighted by atomic mass is 35.5. The van der Waals surface area contributed by atoms with Crippen LogP contribution in [0.1, 0.15) is 30.0 Å². The molecule has 2 aromatic rings. The minimum Gasteiger partial charge on any atom is -0.335 e. The number of rotatable bonds is 6. The fourth-order valence-electron chi connectivity index (χ4n) is 3.53. The molecule has 1 N–H and O–H groups in total. The molecule has 1 heterocycles. The van der Waals surface area contributed by atoms with Gasteiger partial charge in [-0.25, -0.2) is 0 Å². The highest BCUT2D eigenvalue weighted by Crippen LogP contribution is 2.31. The van der Waals surface area contributed by atoms with Gasteiger partial charge in [-0.1, -0.05) is 53.6 Å². The number of para-hydroxylation sites is 1. The molecule has 6 heteroatoms. The second kappa shape index (κ2) is 9.22. The zero-order valence-corrected chi connectivity index (χ0v) is 17.1. The molecule has 1 saturated heterocycles. The SMILES string of the molecule is Cc1ccc(C2CCCN2CC(=O)N(C)CC(=O)Nc2ccccc2Cl)cc1. The van der Waals surface area contributed by atoms with Crippen LogP contribution in [0.4, 0.5) is 5.69 Å². The monoisotopic (exact) mass is 399 g/mol. The summed E-state index contributed by atoms with van der Waals surface area (Å²) in [6.45, 7) is 3.27. The van der Waals surface area contributed by atoms with Crippen LogP contribution >= 0.6 is 11.6 Å². The molecule has 0 aliphatic carbocycles. The van der Waals surface area contributed by atoms with E-state index in [1.165, 1.54) is 16.0 Å².